The largest absolute Gasteiger partial charge is 0.481 e. The molecule has 0 aliphatic heterocycles. The average molecular weight is 334 g/mol. The van der Waals surface area contributed by atoms with Crippen molar-refractivity contribution in [1.82, 2.24) is 16.0 Å². The maximum Gasteiger partial charge on any atom is 0.328 e. The fourth-order valence-electron chi connectivity index (χ4n) is 1.25. The lowest BCUT2D eigenvalue weighted by molar-refractivity contribution is -0.142. The topological polar surface area (TPSA) is 208 Å². The minimum Gasteiger partial charge on any atom is -0.481 e. The summed E-state index contributed by atoms with van der Waals surface area (Å²) < 4.78 is 0. The third kappa shape index (κ3) is 9.00. The second-order valence-corrected chi connectivity index (χ2v) is 4.34. The van der Waals surface area contributed by atoms with E-state index in [1.807, 2.05) is 5.32 Å². The van der Waals surface area contributed by atoms with Crippen LogP contribution in [0.4, 0.5) is 0 Å². The number of nitrogens with one attached hydrogen (secondary N) is 3. The van der Waals surface area contributed by atoms with Crippen LogP contribution in [-0.4, -0.2) is 76.8 Å². The Morgan fingerprint density at radius 2 is 1.52 bits per heavy atom. The van der Waals surface area contributed by atoms with Crippen molar-refractivity contribution in [1.29, 1.82) is 0 Å². The molecule has 0 saturated heterocycles. The van der Waals surface area contributed by atoms with Gasteiger partial charge in [-0.25, -0.2) is 4.79 Å². The van der Waals surface area contributed by atoms with Gasteiger partial charge in [0, 0.05) is 0 Å². The highest BCUT2D eigenvalue weighted by Crippen LogP contribution is 1.87. The SMILES string of the molecule is NC(CC(=O)O)C(=O)NCC(=O)NCC(=O)NC(CO)C(=O)O. The van der Waals surface area contributed by atoms with Crippen LogP contribution in [0.5, 0.6) is 0 Å². The van der Waals surface area contributed by atoms with Gasteiger partial charge in [-0.3, -0.25) is 19.2 Å². The molecule has 12 nitrogen and oxygen atoms in total. The number of aliphatic carboxylic acids is 2. The summed E-state index contributed by atoms with van der Waals surface area (Å²) in [6.07, 6.45) is -0.604. The lowest BCUT2D eigenvalue weighted by Crippen LogP contribution is -2.49. The van der Waals surface area contributed by atoms with Crippen LogP contribution < -0.4 is 21.7 Å². The fraction of sp³-hybridized carbons (Fsp3) is 0.545. The number of nitrogens with two attached hydrogens (primary N) is 1. The van der Waals surface area contributed by atoms with E-state index in [1.165, 1.54) is 0 Å². The van der Waals surface area contributed by atoms with E-state index in [0.717, 1.165) is 0 Å². The van der Waals surface area contributed by atoms with E-state index < -0.39 is 67.9 Å². The molecular weight excluding hydrogens is 316 g/mol. The first kappa shape index (κ1) is 20.3. The zero-order chi connectivity index (χ0) is 18.0. The molecule has 0 saturated carbocycles. The highest BCUT2D eigenvalue weighted by molar-refractivity contribution is 5.91. The van der Waals surface area contributed by atoms with E-state index in [2.05, 4.69) is 10.6 Å². The summed E-state index contributed by atoms with van der Waals surface area (Å²) in [5.74, 6) is -5.18. The summed E-state index contributed by atoms with van der Waals surface area (Å²) in [5, 5.41) is 31.9. The Hall–Kier alpha value is -2.73. The number of aliphatic hydroxyl groups is 1. The number of carboxylic acid groups (broad SMARTS) is 2. The van der Waals surface area contributed by atoms with E-state index >= 15 is 0 Å². The number of aliphatic hydroxyl groups excluding tert-OH is 1. The molecule has 0 aromatic carbocycles. The minimum absolute atomic E-state index is 0.540. The van der Waals surface area contributed by atoms with Crippen molar-refractivity contribution >= 4 is 29.7 Å². The van der Waals surface area contributed by atoms with Crippen molar-refractivity contribution in [2.75, 3.05) is 19.7 Å². The number of rotatable bonds is 10. The third-order valence-corrected chi connectivity index (χ3v) is 2.42. The predicted octanol–water partition coefficient (Wildman–Crippen LogP) is -4.42. The van der Waals surface area contributed by atoms with Gasteiger partial charge in [0.2, 0.25) is 17.7 Å². The quantitative estimate of drug-likeness (QED) is 0.205. The summed E-state index contributed by atoms with van der Waals surface area (Å²) in [6.45, 7) is -1.92. The van der Waals surface area contributed by atoms with E-state index in [0.29, 0.717) is 0 Å². The zero-order valence-electron chi connectivity index (χ0n) is 11.9. The fourth-order valence-corrected chi connectivity index (χ4v) is 1.25. The van der Waals surface area contributed by atoms with Crippen LogP contribution in [0.15, 0.2) is 0 Å². The lowest BCUT2D eigenvalue weighted by atomic mass is 10.2. The van der Waals surface area contributed by atoms with Crippen molar-refractivity contribution in [3.05, 3.63) is 0 Å². The summed E-state index contributed by atoms with van der Waals surface area (Å²) in [7, 11) is 0. The van der Waals surface area contributed by atoms with Gasteiger partial charge in [-0.15, -0.1) is 0 Å². The Bertz CT molecular complexity index is 481. The second-order valence-electron chi connectivity index (χ2n) is 4.34. The van der Waals surface area contributed by atoms with Gasteiger partial charge in [-0.05, 0) is 0 Å². The summed E-state index contributed by atoms with van der Waals surface area (Å²) in [5.41, 5.74) is 5.26. The van der Waals surface area contributed by atoms with Gasteiger partial charge < -0.3 is 37.0 Å². The normalized spacial score (nSPS) is 12.6. The highest BCUT2D eigenvalue weighted by Gasteiger charge is 2.20. The lowest BCUT2D eigenvalue weighted by Gasteiger charge is -2.13. The van der Waals surface area contributed by atoms with Crippen molar-refractivity contribution < 1.29 is 39.3 Å². The van der Waals surface area contributed by atoms with Gasteiger partial charge in [0.25, 0.3) is 0 Å². The first-order chi connectivity index (χ1) is 10.7. The Morgan fingerprint density at radius 3 is 2.00 bits per heavy atom. The van der Waals surface area contributed by atoms with Crippen LogP contribution in [0.2, 0.25) is 0 Å². The number of hydrogen-bond donors (Lipinski definition) is 7. The molecule has 0 spiro atoms. The Balaban J connectivity index is 4.07. The molecule has 0 radical (unpaired) electrons. The molecule has 2 atom stereocenters. The molecule has 0 aromatic rings. The second kappa shape index (κ2) is 10.1. The standard InChI is InChI=1S/C11H18N4O8/c12-5(1-9(19)20)10(21)14-2-7(17)13-3-8(18)15-6(4-16)11(22)23/h5-6,16H,1-4,12H2,(H,13,17)(H,14,21)(H,15,18)(H,19,20)(H,22,23). The van der Waals surface area contributed by atoms with Crippen molar-refractivity contribution in [2.45, 2.75) is 18.5 Å². The molecule has 0 rings (SSSR count). The van der Waals surface area contributed by atoms with Crippen LogP contribution in [0.3, 0.4) is 0 Å². The molecule has 0 heterocycles. The van der Waals surface area contributed by atoms with Gasteiger partial charge in [-0.2, -0.15) is 0 Å². The third-order valence-electron chi connectivity index (χ3n) is 2.42. The van der Waals surface area contributed by atoms with E-state index in [4.69, 9.17) is 21.1 Å². The van der Waals surface area contributed by atoms with E-state index in [9.17, 15) is 24.0 Å². The molecule has 2 unspecified atom stereocenters. The maximum atomic E-state index is 11.4. The molecule has 0 fully saturated rings. The van der Waals surface area contributed by atoms with Crippen LogP contribution in [0.1, 0.15) is 6.42 Å². The van der Waals surface area contributed by atoms with E-state index in [1.54, 1.807) is 0 Å². The average Bonchev–Trinajstić information content (AvgIpc) is 2.46. The highest BCUT2D eigenvalue weighted by atomic mass is 16.4. The molecule has 8 N–H and O–H groups in total. The Labute approximate surface area is 130 Å². The molecule has 23 heavy (non-hydrogen) atoms. The number of carbonyl (C=O) groups is 5. The monoisotopic (exact) mass is 334 g/mol. The molecular formula is C11H18N4O8. The summed E-state index contributed by atoms with van der Waals surface area (Å²) in [6, 6.07) is -2.81. The van der Waals surface area contributed by atoms with Gasteiger partial charge >= 0.3 is 11.9 Å². The van der Waals surface area contributed by atoms with Crippen molar-refractivity contribution in [3.8, 4) is 0 Å². The Kier molecular flexibility index (Phi) is 8.88. The zero-order valence-corrected chi connectivity index (χ0v) is 11.9. The van der Waals surface area contributed by atoms with E-state index in [-0.39, 0.29) is 0 Å². The molecule has 0 aliphatic rings. The molecule has 3 amide bonds. The van der Waals surface area contributed by atoms with Crippen LogP contribution in [0.25, 0.3) is 0 Å². The van der Waals surface area contributed by atoms with Crippen molar-refractivity contribution in [3.63, 3.8) is 0 Å². The number of carboxylic acids is 2. The molecule has 130 valence electrons. The first-order valence-electron chi connectivity index (χ1n) is 6.32. The van der Waals surface area contributed by atoms with Gasteiger partial charge in [-0.1, -0.05) is 0 Å². The van der Waals surface area contributed by atoms with Gasteiger partial charge in [0.1, 0.15) is 6.04 Å². The predicted molar refractivity (Wildman–Crippen MR) is 72.9 cm³/mol. The molecule has 0 aliphatic carbocycles. The number of amides is 3. The molecule has 12 heteroatoms. The van der Waals surface area contributed by atoms with Crippen LogP contribution >= 0.6 is 0 Å². The van der Waals surface area contributed by atoms with Gasteiger partial charge in [0.15, 0.2) is 0 Å². The smallest absolute Gasteiger partial charge is 0.328 e. The van der Waals surface area contributed by atoms with Crippen LogP contribution in [0, 0.1) is 0 Å². The maximum absolute atomic E-state index is 11.4. The minimum atomic E-state index is -1.49. The number of hydrogen-bond acceptors (Lipinski definition) is 7. The number of carbonyl (C=O) groups excluding carboxylic acids is 3. The van der Waals surface area contributed by atoms with Crippen molar-refractivity contribution in [2.24, 2.45) is 5.73 Å². The summed E-state index contributed by atoms with van der Waals surface area (Å²) >= 11 is 0. The molecule has 0 bridgehead atoms. The van der Waals surface area contributed by atoms with Gasteiger partial charge in [0.05, 0.1) is 32.2 Å². The molecule has 0 aromatic heterocycles. The first-order valence-corrected chi connectivity index (χ1v) is 6.32. The Morgan fingerprint density at radius 1 is 0.957 bits per heavy atom. The van der Waals surface area contributed by atoms with Crippen LogP contribution in [-0.2, 0) is 24.0 Å². The summed E-state index contributed by atoms with van der Waals surface area (Å²) in [4.78, 5) is 54.9.